The molecule has 0 spiro atoms. The largest absolute Gasteiger partial charge is 0.445 e. The van der Waals surface area contributed by atoms with Gasteiger partial charge in [-0.05, 0) is 60.9 Å². The molecule has 0 saturated carbocycles. The summed E-state index contributed by atoms with van der Waals surface area (Å²) in [5.74, 6) is 2.04. The van der Waals surface area contributed by atoms with E-state index in [2.05, 4.69) is 76.7 Å². The fourth-order valence-corrected chi connectivity index (χ4v) is 2.93. The van der Waals surface area contributed by atoms with Gasteiger partial charge >= 0.3 is 0 Å². The number of hydrogen-bond donors (Lipinski definition) is 1. The van der Waals surface area contributed by atoms with Crippen LogP contribution in [0.2, 0.25) is 0 Å². The van der Waals surface area contributed by atoms with E-state index >= 15 is 0 Å². The maximum Gasteiger partial charge on any atom is 0.198 e. The molecule has 2 rings (SSSR count). The molecule has 18 heavy (non-hydrogen) atoms. The summed E-state index contributed by atoms with van der Waals surface area (Å²) in [6.07, 6.45) is 0.853. The number of halogens is 3. The van der Waals surface area contributed by atoms with Gasteiger partial charge in [-0.2, -0.15) is 0 Å². The Morgan fingerprint density at radius 1 is 1.39 bits per heavy atom. The van der Waals surface area contributed by atoms with Crippen molar-refractivity contribution in [2.24, 2.45) is 0 Å². The number of furan rings is 1. The van der Waals surface area contributed by atoms with Gasteiger partial charge in [0.25, 0.3) is 0 Å². The first-order chi connectivity index (χ1) is 8.56. The number of aromatic nitrogens is 2. The topological polar surface area (TPSA) is 51.0 Å². The van der Waals surface area contributed by atoms with Crippen LogP contribution in [-0.4, -0.2) is 17.0 Å². The summed E-state index contributed by atoms with van der Waals surface area (Å²) < 4.78 is 8.09. The summed E-state index contributed by atoms with van der Waals surface area (Å²) in [4.78, 5) is 8.99. The average molecular weight is 487 g/mol. The summed E-state index contributed by atoms with van der Waals surface area (Å²) in [7, 11) is 1.85. The first kappa shape index (κ1) is 14.3. The van der Waals surface area contributed by atoms with Gasteiger partial charge in [0.1, 0.15) is 5.82 Å². The van der Waals surface area contributed by atoms with Crippen LogP contribution < -0.4 is 5.32 Å². The monoisotopic (exact) mass is 485 g/mol. The lowest BCUT2D eigenvalue weighted by atomic mass is 10.3. The molecule has 2 aromatic heterocycles. The molecular formula is C11H10Br2IN3O. The van der Waals surface area contributed by atoms with E-state index in [1.54, 1.807) is 0 Å². The van der Waals surface area contributed by atoms with Crippen LogP contribution in [-0.2, 0) is 6.42 Å². The molecule has 2 heterocycles. The van der Waals surface area contributed by atoms with Gasteiger partial charge in [-0.1, -0.05) is 6.92 Å². The zero-order valence-corrected chi connectivity index (χ0v) is 15.1. The Bertz CT molecular complexity index is 541. The highest BCUT2D eigenvalue weighted by Crippen LogP contribution is 2.32. The van der Waals surface area contributed by atoms with Crippen molar-refractivity contribution >= 4 is 60.3 Å². The normalized spacial score (nSPS) is 10.7. The predicted octanol–water partition coefficient (Wildman–Crippen LogP) is 4.47. The average Bonchev–Trinajstić information content (AvgIpc) is 2.70. The summed E-state index contributed by atoms with van der Waals surface area (Å²) in [5, 5.41) is 3.08. The van der Waals surface area contributed by atoms with Gasteiger partial charge in [0, 0.05) is 13.1 Å². The van der Waals surface area contributed by atoms with Gasteiger partial charge < -0.3 is 9.73 Å². The van der Waals surface area contributed by atoms with Crippen molar-refractivity contribution in [2.45, 2.75) is 13.3 Å². The third-order valence-electron chi connectivity index (χ3n) is 2.36. The summed E-state index contributed by atoms with van der Waals surface area (Å²) in [6, 6.07) is 1.85. The second kappa shape index (κ2) is 5.87. The molecule has 1 N–H and O–H groups in total. The number of nitrogens with zero attached hydrogens (tertiary/aromatic N) is 2. The lowest BCUT2D eigenvalue weighted by molar-refractivity contribution is 0.549. The molecule has 0 aromatic carbocycles. The van der Waals surface area contributed by atoms with E-state index in [1.807, 2.05) is 13.1 Å². The third kappa shape index (κ3) is 2.72. The Labute approximate surface area is 135 Å². The second-order valence-electron chi connectivity index (χ2n) is 3.49. The van der Waals surface area contributed by atoms with Crippen LogP contribution in [0.25, 0.3) is 11.6 Å². The molecule has 7 heteroatoms. The summed E-state index contributed by atoms with van der Waals surface area (Å²) in [5.41, 5.74) is 1.01. The highest BCUT2D eigenvalue weighted by molar-refractivity contribution is 14.1. The molecule has 0 bridgehead atoms. The molecule has 0 fully saturated rings. The minimum Gasteiger partial charge on any atom is -0.445 e. The second-order valence-corrected chi connectivity index (χ2v) is 6.15. The van der Waals surface area contributed by atoms with E-state index in [0.29, 0.717) is 16.3 Å². The van der Waals surface area contributed by atoms with Crippen molar-refractivity contribution < 1.29 is 4.42 Å². The minimum absolute atomic E-state index is 0.586. The van der Waals surface area contributed by atoms with Crippen molar-refractivity contribution in [2.75, 3.05) is 12.4 Å². The number of nitrogens with one attached hydrogen (secondary N) is 1. The number of rotatable bonds is 3. The predicted molar refractivity (Wildman–Crippen MR) is 86.8 cm³/mol. The van der Waals surface area contributed by atoms with Crippen LogP contribution in [0, 0.1) is 3.57 Å². The first-order valence-electron chi connectivity index (χ1n) is 5.26. The molecule has 96 valence electrons. The Hall–Kier alpha value is -0.150. The standard InChI is InChI=1S/C11H10Br2IN3O/c1-3-6-8(14)11(15-2)17-10(16-6)7-4-5(12)9(13)18-7/h4H,3H2,1-2H3,(H,15,16,17). The van der Waals surface area contributed by atoms with Gasteiger partial charge in [0.05, 0.1) is 13.7 Å². The molecule has 0 atom stereocenters. The highest BCUT2D eigenvalue weighted by atomic mass is 127. The van der Waals surface area contributed by atoms with Crippen LogP contribution in [0.3, 0.4) is 0 Å². The fourth-order valence-electron chi connectivity index (χ4n) is 1.46. The van der Waals surface area contributed by atoms with Crippen molar-refractivity contribution in [1.82, 2.24) is 9.97 Å². The van der Waals surface area contributed by atoms with E-state index in [9.17, 15) is 0 Å². The zero-order valence-electron chi connectivity index (χ0n) is 9.72. The smallest absolute Gasteiger partial charge is 0.198 e. The quantitative estimate of drug-likeness (QED) is 0.650. The number of aryl methyl sites for hydroxylation is 1. The van der Waals surface area contributed by atoms with Crippen LogP contribution in [0.1, 0.15) is 12.6 Å². The fraction of sp³-hybridized carbons (Fsp3) is 0.273. The van der Waals surface area contributed by atoms with Crippen molar-refractivity contribution in [3.63, 3.8) is 0 Å². The van der Waals surface area contributed by atoms with Crippen molar-refractivity contribution in [3.05, 3.63) is 24.5 Å². The molecule has 0 aliphatic heterocycles. The number of hydrogen-bond acceptors (Lipinski definition) is 4. The van der Waals surface area contributed by atoms with E-state index in [-0.39, 0.29) is 0 Å². The van der Waals surface area contributed by atoms with E-state index < -0.39 is 0 Å². The first-order valence-corrected chi connectivity index (χ1v) is 7.92. The lowest BCUT2D eigenvalue weighted by Crippen LogP contribution is -2.04. The maximum atomic E-state index is 5.55. The van der Waals surface area contributed by atoms with E-state index in [1.165, 1.54) is 0 Å². The van der Waals surface area contributed by atoms with Gasteiger partial charge in [-0.15, -0.1) is 0 Å². The Kier molecular flexibility index (Phi) is 4.65. The van der Waals surface area contributed by atoms with Gasteiger partial charge in [-0.3, -0.25) is 0 Å². The SMILES string of the molecule is CCc1nc(-c2cc(Br)c(Br)o2)nc(NC)c1I. The van der Waals surface area contributed by atoms with Crippen LogP contribution >= 0.6 is 54.5 Å². The maximum absolute atomic E-state index is 5.55. The lowest BCUT2D eigenvalue weighted by Gasteiger charge is -2.08. The van der Waals surface area contributed by atoms with Gasteiger partial charge in [0.2, 0.25) is 0 Å². The molecule has 0 unspecified atom stereocenters. The highest BCUT2D eigenvalue weighted by Gasteiger charge is 2.15. The molecule has 0 aliphatic carbocycles. The zero-order chi connectivity index (χ0) is 13.3. The third-order valence-corrected chi connectivity index (χ3v) is 5.20. The molecule has 0 radical (unpaired) electrons. The molecule has 0 aliphatic rings. The molecular weight excluding hydrogens is 477 g/mol. The summed E-state index contributed by atoms with van der Waals surface area (Å²) >= 11 is 8.95. The van der Waals surface area contributed by atoms with Crippen LogP contribution in [0.15, 0.2) is 19.6 Å². The van der Waals surface area contributed by atoms with Crippen LogP contribution in [0.5, 0.6) is 0 Å². The Morgan fingerprint density at radius 3 is 2.61 bits per heavy atom. The molecule has 4 nitrogen and oxygen atoms in total. The minimum atomic E-state index is 0.586. The molecule has 2 aromatic rings. The Morgan fingerprint density at radius 2 is 2.11 bits per heavy atom. The van der Waals surface area contributed by atoms with Gasteiger partial charge in [-0.25, -0.2) is 9.97 Å². The molecule has 0 saturated heterocycles. The van der Waals surface area contributed by atoms with Gasteiger partial charge in [0.15, 0.2) is 16.3 Å². The van der Waals surface area contributed by atoms with Crippen LogP contribution in [0.4, 0.5) is 5.82 Å². The van der Waals surface area contributed by atoms with Crippen molar-refractivity contribution in [3.8, 4) is 11.6 Å². The van der Waals surface area contributed by atoms with E-state index in [4.69, 9.17) is 4.42 Å². The van der Waals surface area contributed by atoms with E-state index in [0.717, 1.165) is 26.0 Å². The number of anilines is 1. The molecule has 0 amide bonds. The van der Waals surface area contributed by atoms with Crippen molar-refractivity contribution in [1.29, 1.82) is 0 Å². The summed E-state index contributed by atoms with van der Waals surface area (Å²) in [6.45, 7) is 2.07. The Balaban J connectivity index is 2.57.